The first-order chi connectivity index (χ1) is 6.30. The van der Waals surface area contributed by atoms with E-state index in [0.717, 1.165) is 11.1 Å². The maximum atomic E-state index is 12.4. The fourth-order valence-electron chi connectivity index (χ4n) is 1.35. The number of rotatable bonds is 1. The SMILES string of the molecule is Cc1cc(C)cc([C@H](Br)C(F)(F)F)c1. The Kier molecular flexibility index (Phi) is 3.24. The van der Waals surface area contributed by atoms with Gasteiger partial charge in [0.1, 0.15) is 4.83 Å². The fraction of sp³-hybridized carbons (Fsp3) is 0.400. The highest BCUT2D eigenvalue weighted by molar-refractivity contribution is 9.09. The molecule has 0 saturated carbocycles. The largest absolute Gasteiger partial charge is 0.405 e. The van der Waals surface area contributed by atoms with Crippen LogP contribution < -0.4 is 0 Å². The van der Waals surface area contributed by atoms with Crippen LogP contribution in [0.25, 0.3) is 0 Å². The molecule has 0 fully saturated rings. The molecule has 0 aliphatic carbocycles. The van der Waals surface area contributed by atoms with Crippen molar-refractivity contribution in [1.82, 2.24) is 0 Å². The van der Waals surface area contributed by atoms with Gasteiger partial charge in [0, 0.05) is 0 Å². The van der Waals surface area contributed by atoms with Crippen LogP contribution >= 0.6 is 15.9 Å². The zero-order chi connectivity index (χ0) is 10.9. The second kappa shape index (κ2) is 3.93. The Morgan fingerprint density at radius 3 is 1.86 bits per heavy atom. The van der Waals surface area contributed by atoms with Crippen LogP contribution in [0.4, 0.5) is 13.2 Å². The molecule has 0 spiro atoms. The lowest BCUT2D eigenvalue weighted by Crippen LogP contribution is -2.15. The van der Waals surface area contributed by atoms with E-state index in [0.29, 0.717) is 0 Å². The first-order valence-electron chi connectivity index (χ1n) is 4.09. The maximum Gasteiger partial charge on any atom is 0.405 e. The molecule has 0 unspecified atom stereocenters. The molecule has 0 aliphatic rings. The van der Waals surface area contributed by atoms with Gasteiger partial charge in [-0.05, 0) is 19.4 Å². The summed E-state index contributed by atoms with van der Waals surface area (Å²) in [5, 5.41) is 0. The zero-order valence-corrected chi connectivity index (χ0v) is 9.41. The zero-order valence-electron chi connectivity index (χ0n) is 7.82. The first kappa shape index (κ1) is 11.6. The van der Waals surface area contributed by atoms with Gasteiger partial charge >= 0.3 is 6.18 Å². The summed E-state index contributed by atoms with van der Waals surface area (Å²) in [7, 11) is 0. The monoisotopic (exact) mass is 266 g/mol. The molecular formula is C10H10BrF3. The molecule has 0 saturated heterocycles. The Balaban J connectivity index is 3.07. The second-order valence-corrected chi connectivity index (χ2v) is 4.24. The number of alkyl halides is 4. The van der Waals surface area contributed by atoms with Crippen molar-refractivity contribution in [3.8, 4) is 0 Å². The van der Waals surface area contributed by atoms with E-state index >= 15 is 0 Å². The van der Waals surface area contributed by atoms with Crippen LogP contribution in [0.15, 0.2) is 18.2 Å². The molecule has 0 nitrogen and oxygen atoms in total. The molecule has 1 atom stereocenters. The van der Waals surface area contributed by atoms with Gasteiger partial charge in [-0.3, -0.25) is 0 Å². The summed E-state index contributed by atoms with van der Waals surface area (Å²) in [6.07, 6.45) is -4.24. The minimum Gasteiger partial charge on any atom is -0.169 e. The van der Waals surface area contributed by atoms with Gasteiger partial charge < -0.3 is 0 Å². The summed E-state index contributed by atoms with van der Waals surface area (Å²) in [6, 6.07) is 4.93. The van der Waals surface area contributed by atoms with Crippen LogP contribution in [0.2, 0.25) is 0 Å². The molecule has 0 heterocycles. The third kappa shape index (κ3) is 2.74. The topological polar surface area (TPSA) is 0 Å². The Labute approximate surface area is 89.3 Å². The molecule has 1 rings (SSSR count). The van der Waals surface area contributed by atoms with E-state index in [1.165, 1.54) is 0 Å². The standard InChI is InChI=1S/C10H10BrF3/c1-6-3-7(2)5-8(4-6)9(11)10(12,13)14/h3-5,9H,1-2H3/t9-/m0/s1. The normalized spacial score (nSPS) is 14.1. The average molecular weight is 267 g/mol. The van der Waals surface area contributed by atoms with Crippen LogP contribution in [0.5, 0.6) is 0 Å². The smallest absolute Gasteiger partial charge is 0.169 e. The van der Waals surface area contributed by atoms with E-state index in [2.05, 4.69) is 15.9 Å². The summed E-state index contributed by atoms with van der Waals surface area (Å²) in [4.78, 5) is -1.58. The Morgan fingerprint density at radius 2 is 1.50 bits per heavy atom. The quantitative estimate of drug-likeness (QED) is 0.665. The molecule has 1 aromatic carbocycles. The van der Waals surface area contributed by atoms with Crippen molar-refractivity contribution in [2.75, 3.05) is 0 Å². The van der Waals surface area contributed by atoms with E-state index in [1.54, 1.807) is 26.0 Å². The molecule has 0 N–H and O–H groups in total. The minimum atomic E-state index is -4.24. The van der Waals surface area contributed by atoms with Gasteiger partial charge in [-0.2, -0.15) is 13.2 Å². The van der Waals surface area contributed by atoms with E-state index in [1.807, 2.05) is 6.07 Å². The number of hydrogen-bond donors (Lipinski definition) is 0. The number of benzene rings is 1. The van der Waals surface area contributed by atoms with Gasteiger partial charge in [-0.25, -0.2) is 0 Å². The summed E-state index contributed by atoms with van der Waals surface area (Å²) in [5.74, 6) is 0. The van der Waals surface area contributed by atoms with Crippen molar-refractivity contribution in [2.45, 2.75) is 24.9 Å². The van der Waals surface area contributed by atoms with Gasteiger partial charge in [0.05, 0.1) is 0 Å². The van der Waals surface area contributed by atoms with Crippen molar-refractivity contribution in [1.29, 1.82) is 0 Å². The van der Waals surface area contributed by atoms with Crippen molar-refractivity contribution in [2.24, 2.45) is 0 Å². The number of hydrogen-bond acceptors (Lipinski definition) is 0. The molecule has 0 amide bonds. The lowest BCUT2D eigenvalue weighted by molar-refractivity contribution is -0.128. The molecule has 0 bridgehead atoms. The molecular weight excluding hydrogens is 257 g/mol. The van der Waals surface area contributed by atoms with Gasteiger partial charge in [-0.15, -0.1) is 0 Å². The Hall–Kier alpha value is -0.510. The van der Waals surface area contributed by atoms with E-state index < -0.39 is 11.0 Å². The molecule has 4 heteroatoms. The highest BCUT2D eigenvalue weighted by atomic mass is 79.9. The van der Waals surface area contributed by atoms with E-state index in [-0.39, 0.29) is 5.56 Å². The van der Waals surface area contributed by atoms with Crippen molar-refractivity contribution >= 4 is 15.9 Å². The predicted molar refractivity (Wildman–Crippen MR) is 53.6 cm³/mol. The van der Waals surface area contributed by atoms with Crippen molar-refractivity contribution < 1.29 is 13.2 Å². The summed E-state index contributed by atoms with van der Waals surface area (Å²) in [5.41, 5.74) is 1.94. The van der Waals surface area contributed by atoms with Crippen molar-refractivity contribution in [3.05, 3.63) is 34.9 Å². The minimum absolute atomic E-state index is 0.259. The molecule has 0 aliphatic heterocycles. The molecule has 78 valence electrons. The van der Waals surface area contributed by atoms with Crippen LogP contribution in [0.1, 0.15) is 21.5 Å². The van der Waals surface area contributed by atoms with Gasteiger partial charge in [0.15, 0.2) is 0 Å². The Morgan fingerprint density at radius 1 is 1.07 bits per heavy atom. The molecule has 0 radical (unpaired) electrons. The first-order valence-corrected chi connectivity index (χ1v) is 5.01. The maximum absolute atomic E-state index is 12.4. The highest BCUT2D eigenvalue weighted by Gasteiger charge is 2.38. The van der Waals surface area contributed by atoms with Gasteiger partial charge in [0.25, 0.3) is 0 Å². The lowest BCUT2D eigenvalue weighted by Gasteiger charge is -2.15. The van der Waals surface area contributed by atoms with Crippen LogP contribution in [0.3, 0.4) is 0 Å². The van der Waals surface area contributed by atoms with Crippen molar-refractivity contribution in [3.63, 3.8) is 0 Å². The molecule has 14 heavy (non-hydrogen) atoms. The highest BCUT2D eigenvalue weighted by Crippen LogP contribution is 2.39. The van der Waals surface area contributed by atoms with Crippen LogP contribution in [0, 0.1) is 13.8 Å². The summed E-state index contributed by atoms with van der Waals surface area (Å²) < 4.78 is 37.1. The average Bonchev–Trinajstić information content (AvgIpc) is 1.99. The number of halogens is 4. The second-order valence-electron chi connectivity index (χ2n) is 3.33. The molecule has 1 aromatic rings. The van der Waals surface area contributed by atoms with Gasteiger partial charge in [0.2, 0.25) is 0 Å². The fourth-order valence-corrected chi connectivity index (χ4v) is 1.61. The summed E-state index contributed by atoms with van der Waals surface area (Å²) in [6.45, 7) is 3.57. The van der Waals surface area contributed by atoms with E-state index in [4.69, 9.17) is 0 Å². The Bertz CT molecular complexity index is 310. The molecule has 0 aromatic heterocycles. The van der Waals surface area contributed by atoms with Crippen LogP contribution in [-0.4, -0.2) is 6.18 Å². The summed E-state index contributed by atoms with van der Waals surface area (Å²) >= 11 is 2.65. The van der Waals surface area contributed by atoms with Crippen LogP contribution in [-0.2, 0) is 0 Å². The third-order valence-corrected chi connectivity index (χ3v) is 2.87. The third-order valence-electron chi connectivity index (χ3n) is 1.82. The predicted octanol–water partition coefficient (Wildman–Crippen LogP) is 4.30. The van der Waals surface area contributed by atoms with Gasteiger partial charge in [-0.1, -0.05) is 45.3 Å². The number of aryl methyl sites for hydroxylation is 2. The van der Waals surface area contributed by atoms with E-state index in [9.17, 15) is 13.2 Å². The lowest BCUT2D eigenvalue weighted by atomic mass is 10.1.